The van der Waals surface area contributed by atoms with Gasteiger partial charge < -0.3 is 9.88 Å². The maximum absolute atomic E-state index is 13.2. The van der Waals surface area contributed by atoms with Crippen LogP contribution in [0.2, 0.25) is 0 Å². The first-order valence-electron chi connectivity index (χ1n) is 4.72. The molecule has 0 aliphatic heterocycles. The van der Waals surface area contributed by atoms with E-state index in [1.165, 1.54) is 6.07 Å². The number of rotatable bonds is 2. The summed E-state index contributed by atoms with van der Waals surface area (Å²) >= 11 is 3.52. The van der Waals surface area contributed by atoms with E-state index >= 15 is 0 Å². The van der Waals surface area contributed by atoms with E-state index in [1.54, 1.807) is 12.1 Å². The summed E-state index contributed by atoms with van der Waals surface area (Å²) in [7, 11) is 3.84. The monoisotopic (exact) mass is 270 g/mol. The molecule has 1 aromatic heterocycles. The Morgan fingerprint density at radius 1 is 1.47 bits per heavy atom. The van der Waals surface area contributed by atoms with Gasteiger partial charge in [-0.1, -0.05) is 0 Å². The largest absolute Gasteiger partial charge is 0.338 e. The Labute approximate surface area is 96.2 Å². The number of fused-ring (bicyclic) bond motifs is 1. The van der Waals surface area contributed by atoms with E-state index in [-0.39, 0.29) is 5.82 Å². The standard InChI is InChI=1S/C11H12BrFN2/c1-14-6-9-8-5-7(13)3-4-10(8)15(2)11(9)12/h3-5,14H,6H2,1-2H3. The molecule has 0 amide bonds. The van der Waals surface area contributed by atoms with Gasteiger partial charge in [0.1, 0.15) is 5.82 Å². The van der Waals surface area contributed by atoms with Gasteiger partial charge in [0, 0.05) is 30.1 Å². The number of hydrogen-bond donors (Lipinski definition) is 1. The lowest BCUT2D eigenvalue weighted by Gasteiger charge is -1.98. The minimum Gasteiger partial charge on any atom is -0.338 e. The van der Waals surface area contributed by atoms with Crippen molar-refractivity contribution in [3.8, 4) is 0 Å². The second-order valence-electron chi connectivity index (χ2n) is 3.52. The predicted octanol–water partition coefficient (Wildman–Crippen LogP) is 2.80. The lowest BCUT2D eigenvalue weighted by molar-refractivity contribution is 0.629. The molecule has 4 heteroatoms. The highest BCUT2D eigenvalue weighted by Crippen LogP contribution is 2.29. The molecule has 0 fully saturated rings. The molecule has 2 rings (SSSR count). The molecule has 15 heavy (non-hydrogen) atoms. The van der Waals surface area contributed by atoms with Crippen LogP contribution in [0.15, 0.2) is 22.8 Å². The smallest absolute Gasteiger partial charge is 0.123 e. The van der Waals surface area contributed by atoms with Crippen molar-refractivity contribution in [1.82, 2.24) is 9.88 Å². The summed E-state index contributed by atoms with van der Waals surface area (Å²) in [6, 6.07) is 4.86. The van der Waals surface area contributed by atoms with Crippen molar-refractivity contribution in [3.05, 3.63) is 34.2 Å². The molecule has 0 saturated heterocycles. The average Bonchev–Trinajstić information content (AvgIpc) is 2.44. The Bertz CT molecular complexity index is 505. The third kappa shape index (κ3) is 1.68. The second-order valence-corrected chi connectivity index (χ2v) is 4.27. The summed E-state index contributed by atoms with van der Waals surface area (Å²) in [4.78, 5) is 0. The van der Waals surface area contributed by atoms with Crippen LogP contribution in [-0.2, 0) is 13.6 Å². The summed E-state index contributed by atoms with van der Waals surface area (Å²) < 4.78 is 16.2. The fourth-order valence-corrected chi connectivity index (χ4v) is 2.35. The maximum atomic E-state index is 13.2. The van der Waals surface area contributed by atoms with Gasteiger partial charge in [-0.2, -0.15) is 0 Å². The third-order valence-corrected chi connectivity index (χ3v) is 3.55. The number of halogens is 2. The zero-order chi connectivity index (χ0) is 11.0. The number of hydrogen-bond acceptors (Lipinski definition) is 1. The summed E-state index contributed by atoms with van der Waals surface area (Å²) in [5.74, 6) is -0.196. The van der Waals surface area contributed by atoms with Crippen LogP contribution >= 0.6 is 15.9 Å². The van der Waals surface area contributed by atoms with Gasteiger partial charge in [0.05, 0.1) is 4.60 Å². The van der Waals surface area contributed by atoms with E-state index in [1.807, 2.05) is 18.7 Å². The highest BCUT2D eigenvalue weighted by atomic mass is 79.9. The molecule has 80 valence electrons. The molecule has 0 radical (unpaired) electrons. The Morgan fingerprint density at radius 2 is 2.20 bits per heavy atom. The van der Waals surface area contributed by atoms with Crippen molar-refractivity contribution in [2.75, 3.05) is 7.05 Å². The number of benzene rings is 1. The highest BCUT2D eigenvalue weighted by molar-refractivity contribution is 9.10. The first-order valence-corrected chi connectivity index (χ1v) is 5.51. The predicted molar refractivity (Wildman–Crippen MR) is 63.3 cm³/mol. The zero-order valence-corrected chi connectivity index (χ0v) is 10.2. The molecule has 1 heterocycles. The van der Waals surface area contributed by atoms with E-state index in [0.717, 1.165) is 27.6 Å². The van der Waals surface area contributed by atoms with Crippen LogP contribution in [0.25, 0.3) is 10.9 Å². The van der Waals surface area contributed by atoms with E-state index < -0.39 is 0 Å². The Balaban J connectivity index is 2.76. The molecule has 1 N–H and O–H groups in total. The molecule has 0 unspecified atom stereocenters. The summed E-state index contributed by atoms with van der Waals surface area (Å²) in [5, 5.41) is 4.04. The molecule has 2 nitrogen and oxygen atoms in total. The second kappa shape index (κ2) is 3.94. The SMILES string of the molecule is CNCc1c(Br)n(C)c2ccc(F)cc12. The van der Waals surface area contributed by atoms with Crippen LogP contribution in [0.1, 0.15) is 5.56 Å². The van der Waals surface area contributed by atoms with Gasteiger partial charge in [0.25, 0.3) is 0 Å². The van der Waals surface area contributed by atoms with Crippen molar-refractivity contribution in [2.45, 2.75) is 6.54 Å². The Morgan fingerprint density at radius 3 is 2.87 bits per heavy atom. The molecule has 0 aliphatic rings. The lowest BCUT2D eigenvalue weighted by Crippen LogP contribution is -2.05. The molecular weight excluding hydrogens is 259 g/mol. The van der Waals surface area contributed by atoms with Crippen LogP contribution < -0.4 is 5.32 Å². The molecule has 0 saturated carbocycles. The third-order valence-electron chi connectivity index (χ3n) is 2.54. The van der Waals surface area contributed by atoms with Crippen LogP contribution in [0.5, 0.6) is 0 Å². The van der Waals surface area contributed by atoms with Crippen LogP contribution in [0.3, 0.4) is 0 Å². The van der Waals surface area contributed by atoms with E-state index in [4.69, 9.17) is 0 Å². The molecule has 0 spiro atoms. The van der Waals surface area contributed by atoms with E-state index in [2.05, 4.69) is 21.2 Å². The number of nitrogens with zero attached hydrogens (tertiary/aromatic N) is 1. The molecule has 1 aromatic carbocycles. The van der Waals surface area contributed by atoms with Gasteiger partial charge in [-0.05, 0) is 41.2 Å². The maximum Gasteiger partial charge on any atom is 0.123 e. The van der Waals surface area contributed by atoms with Gasteiger partial charge in [-0.25, -0.2) is 4.39 Å². The molecule has 0 bridgehead atoms. The molecule has 0 atom stereocenters. The quantitative estimate of drug-likeness (QED) is 0.888. The van der Waals surface area contributed by atoms with Gasteiger partial charge in [0.2, 0.25) is 0 Å². The number of aryl methyl sites for hydroxylation is 1. The highest BCUT2D eigenvalue weighted by Gasteiger charge is 2.12. The van der Waals surface area contributed by atoms with Crippen molar-refractivity contribution in [3.63, 3.8) is 0 Å². The topological polar surface area (TPSA) is 17.0 Å². The Hall–Kier alpha value is -0.870. The van der Waals surface area contributed by atoms with Crippen molar-refractivity contribution in [2.24, 2.45) is 7.05 Å². The molecule has 0 aliphatic carbocycles. The number of aromatic nitrogens is 1. The summed E-state index contributed by atoms with van der Waals surface area (Å²) in [6.45, 7) is 0.724. The lowest BCUT2D eigenvalue weighted by atomic mass is 10.2. The molecular formula is C11H12BrFN2. The van der Waals surface area contributed by atoms with E-state index in [0.29, 0.717) is 0 Å². The summed E-state index contributed by atoms with van der Waals surface area (Å²) in [6.07, 6.45) is 0. The van der Waals surface area contributed by atoms with Crippen molar-refractivity contribution < 1.29 is 4.39 Å². The van der Waals surface area contributed by atoms with Gasteiger partial charge in [-0.3, -0.25) is 0 Å². The minimum absolute atomic E-state index is 0.196. The average molecular weight is 271 g/mol. The first-order chi connectivity index (χ1) is 7.15. The minimum atomic E-state index is -0.196. The fraction of sp³-hybridized carbons (Fsp3) is 0.273. The summed E-state index contributed by atoms with van der Waals surface area (Å²) in [5.41, 5.74) is 2.13. The zero-order valence-electron chi connectivity index (χ0n) is 8.64. The van der Waals surface area contributed by atoms with Crippen LogP contribution in [-0.4, -0.2) is 11.6 Å². The fourth-order valence-electron chi connectivity index (χ4n) is 1.81. The van der Waals surface area contributed by atoms with E-state index in [9.17, 15) is 4.39 Å². The Kier molecular flexibility index (Phi) is 2.80. The van der Waals surface area contributed by atoms with Crippen LogP contribution in [0.4, 0.5) is 4.39 Å². The van der Waals surface area contributed by atoms with Crippen molar-refractivity contribution in [1.29, 1.82) is 0 Å². The van der Waals surface area contributed by atoms with Gasteiger partial charge in [0.15, 0.2) is 0 Å². The van der Waals surface area contributed by atoms with Gasteiger partial charge in [-0.15, -0.1) is 0 Å². The first kappa shape index (κ1) is 10.6. The van der Waals surface area contributed by atoms with Crippen LogP contribution in [0, 0.1) is 5.82 Å². The van der Waals surface area contributed by atoms with Crippen molar-refractivity contribution >= 4 is 26.8 Å². The van der Waals surface area contributed by atoms with Gasteiger partial charge >= 0.3 is 0 Å². The number of nitrogens with one attached hydrogen (secondary N) is 1. The normalized spacial score (nSPS) is 11.2. The molecule has 2 aromatic rings.